The zero-order chi connectivity index (χ0) is 20.2. The summed E-state index contributed by atoms with van der Waals surface area (Å²) in [5.41, 5.74) is 2.33. The van der Waals surface area contributed by atoms with E-state index in [2.05, 4.69) is 10.4 Å². The van der Waals surface area contributed by atoms with Crippen molar-refractivity contribution in [1.82, 2.24) is 19.7 Å². The molecule has 0 bridgehead atoms. The second kappa shape index (κ2) is 8.28. The van der Waals surface area contributed by atoms with Crippen molar-refractivity contribution in [2.75, 3.05) is 20.3 Å². The number of rotatable bonds is 7. The molecule has 2 aromatic carbocycles. The molecule has 4 rings (SSSR count). The smallest absolute Gasteiger partial charge is 0.291 e. The molecule has 0 saturated heterocycles. The van der Waals surface area contributed by atoms with Gasteiger partial charge in [0, 0.05) is 36.5 Å². The van der Waals surface area contributed by atoms with E-state index >= 15 is 0 Å². The Morgan fingerprint density at radius 3 is 2.62 bits per heavy atom. The summed E-state index contributed by atoms with van der Waals surface area (Å²) in [5.74, 6) is -0.276. The Labute approximate surface area is 167 Å². The molecule has 0 aliphatic carbocycles. The van der Waals surface area contributed by atoms with Gasteiger partial charge in [-0.3, -0.25) is 9.59 Å². The van der Waals surface area contributed by atoms with Crippen LogP contribution in [0.3, 0.4) is 0 Å². The van der Waals surface area contributed by atoms with Crippen molar-refractivity contribution in [2.45, 2.75) is 13.1 Å². The SMILES string of the molecule is COCCNC(=O)Cn1ncc2c3ccccc3n(Cc3ccccc3)c2c1=O. The van der Waals surface area contributed by atoms with Crippen molar-refractivity contribution in [3.63, 3.8) is 0 Å². The molecule has 7 heteroatoms. The number of aromatic nitrogens is 3. The summed E-state index contributed by atoms with van der Waals surface area (Å²) in [6, 6.07) is 17.9. The lowest BCUT2D eigenvalue weighted by Crippen LogP contribution is -2.35. The number of hydrogen-bond acceptors (Lipinski definition) is 4. The van der Waals surface area contributed by atoms with E-state index in [1.54, 1.807) is 13.3 Å². The molecule has 0 radical (unpaired) electrons. The third-order valence-electron chi connectivity index (χ3n) is 4.88. The van der Waals surface area contributed by atoms with Gasteiger partial charge in [-0.05, 0) is 11.6 Å². The van der Waals surface area contributed by atoms with Gasteiger partial charge in [0.25, 0.3) is 5.56 Å². The summed E-state index contributed by atoms with van der Waals surface area (Å²) >= 11 is 0. The highest BCUT2D eigenvalue weighted by Gasteiger charge is 2.17. The number of methoxy groups -OCH3 is 1. The Morgan fingerprint density at radius 2 is 1.83 bits per heavy atom. The number of hydrogen-bond donors (Lipinski definition) is 1. The van der Waals surface area contributed by atoms with Crippen molar-refractivity contribution in [1.29, 1.82) is 0 Å². The van der Waals surface area contributed by atoms with E-state index in [4.69, 9.17) is 4.74 Å². The predicted octanol–water partition coefficient (Wildman–Crippen LogP) is 2.16. The number of nitrogens with zero attached hydrogens (tertiary/aromatic N) is 3. The van der Waals surface area contributed by atoms with Crippen molar-refractivity contribution < 1.29 is 9.53 Å². The maximum atomic E-state index is 13.2. The quantitative estimate of drug-likeness (QED) is 0.491. The molecule has 2 heterocycles. The zero-order valence-electron chi connectivity index (χ0n) is 16.2. The number of carbonyl (C=O) groups is 1. The van der Waals surface area contributed by atoms with Crippen LogP contribution in [0.4, 0.5) is 0 Å². The van der Waals surface area contributed by atoms with Crippen molar-refractivity contribution in [3.05, 3.63) is 76.7 Å². The minimum atomic E-state index is -0.281. The van der Waals surface area contributed by atoms with Gasteiger partial charge in [0.05, 0.1) is 12.8 Å². The fourth-order valence-electron chi connectivity index (χ4n) is 3.52. The zero-order valence-corrected chi connectivity index (χ0v) is 16.2. The largest absolute Gasteiger partial charge is 0.383 e. The lowest BCUT2D eigenvalue weighted by molar-refractivity contribution is -0.122. The average Bonchev–Trinajstić information content (AvgIpc) is 3.05. The Kier molecular flexibility index (Phi) is 5.39. The van der Waals surface area contributed by atoms with Crippen LogP contribution < -0.4 is 10.9 Å². The summed E-state index contributed by atoms with van der Waals surface area (Å²) < 4.78 is 8.14. The number of carbonyl (C=O) groups excluding carboxylic acids is 1. The molecule has 148 valence electrons. The molecule has 0 saturated carbocycles. The second-order valence-corrected chi connectivity index (χ2v) is 6.80. The molecule has 0 aliphatic rings. The molecule has 0 atom stereocenters. The van der Waals surface area contributed by atoms with Crippen molar-refractivity contribution >= 4 is 27.7 Å². The first-order chi connectivity index (χ1) is 14.2. The first-order valence-electron chi connectivity index (χ1n) is 9.45. The van der Waals surface area contributed by atoms with Crippen LogP contribution >= 0.6 is 0 Å². The third kappa shape index (κ3) is 3.77. The van der Waals surface area contributed by atoms with E-state index in [0.29, 0.717) is 25.2 Å². The number of amides is 1. The second-order valence-electron chi connectivity index (χ2n) is 6.80. The highest BCUT2D eigenvalue weighted by Crippen LogP contribution is 2.27. The van der Waals surface area contributed by atoms with Gasteiger partial charge < -0.3 is 14.6 Å². The first-order valence-corrected chi connectivity index (χ1v) is 9.45. The molecule has 0 spiro atoms. The van der Waals surface area contributed by atoms with Gasteiger partial charge in [-0.2, -0.15) is 5.10 Å². The van der Waals surface area contributed by atoms with Gasteiger partial charge in [-0.1, -0.05) is 48.5 Å². The fourth-order valence-corrected chi connectivity index (χ4v) is 3.52. The van der Waals surface area contributed by atoms with Crippen molar-refractivity contribution in [2.24, 2.45) is 0 Å². The van der Waals surface area contributed by atoms with E-state index in [1.807, 2.05) is 59.2 Å². The van der Waals surface area contributed by atoms with Crippen LogP contribution in [0, 0.1) is 0 Å². The lowest BCUT2D eigenvalue weighted by atomic mass is 10.2. The van der Waals surface area contributed by atoms with Gasteiger partial charge in [0.1, 0.15) is 12.1 Å². The van der Waals surface area contributed by atoms with E-state index in [9.17, 15) is 9.59 Å². The molecule has 4 aromatic rings. The minimum absolute atomic E-state index is 0.134. The third-order valence-corrected chi connectivity index (χ3v) is 4.88. The van der Waals surface area contributed by atoms with Gasteiger partial charge in [0.15, 0.2) is 0 Å². The highest BCUT2D eigenvalue weighted by molar-refractivity contribution is 6.07. The standard InChI is InChI=1S/C22H22N4O3/c1-29-12-11-23-20(27)15-26-22(28)21-18(13-24-26)17-9-5-6-10-19(17)25(21)14-16-7-3-2-4-8-16/h2-10,13H,11-12,14-15H2,1H3,(H,23,27). The minimum Gasteiger partial charge on any atom is -0.383 e. The summed E-state index contributed by atoms with van der Waals surface area (Å²) in [7, 11) is 1.57. The summed E-state index contributed by atoms with van der Waals surface area (Å²) in [4.78, 5) is 25.4. The van der Waals surface area contributed by atoms with Crippen LogP contribution in [0.15, 0.2) is 65.6 Å². The monoisotopic (exact) mass is 390 g/mol. The number of nitrogens with one attached hydrogen (secondary N) is 1. The maximum absolute atomic E-state index is 13.2. The van der Waals surface area contributed by atoms with Crippen LogP contribution in [0.1, 0.15) is 5.56 Å². The van der Waals surface area contributed by atoms with Gasteiger partial charge in [-0.15, -0.1) is 0 Å². The molecule has 7 nitrogen and oxygen atoms in total. The summed E-state index contributed by atoms with van der Waals surface area (Å²) in [6.45, 7) is 1.23. The van der Waals surface area contributed by atoms with Crippen LogP contribution in [0.2, 0.25) is 0 Å². The number of fused-ring (bicyclic) bond motifs is 3. The number of benzene rings is 2. The number of ether oxygens (including phenoxy) is 1. The highest BCUT2D eigenvalue weighted by atomic mass is 16.5. The molecule has 1 N–H and O–H groups in total. The lowest BCUT2D eigenvalue weighted by Gasteiger charge is -2.09. The van der Waals surface area contributed by atoms with Crippen LogP contribution in [0.25, 0.3) is 21.8 Å². The molecule has 1 amide bonds. The Balaban J connectivity index is 1.79. The Bertz CT molecular complexity index is 1210. The fraction of sp³-hybridized carbons (Fsp3) is 0.227. The van der Waals surface area contributed by atoms with E-state index in [1.165, 1.54) is 4.68 Å². The summed E-state index contributed by atoms with van der Waals surface area (Å²) in [5, 5.41) is 8.72. The number of para-hydroxylation sites is 1. The van der Waals surface area contributed by atoms with Crippen LogP contribution in [-0.4, -0.2) is 40.5 Å². The average molecular weight is 390 g/mol. The normalized spacial score (nSPS) is 11.2. The van der Waals surface area contributed by atoms with Crippen LogP contribution in [-0.2, 0) is 22.6 Å². The van der Waals surface area contributed by atoms with Gasteiger partial charge in [-0.25, -0.2) is 4.68 Å². The topological polar surface area (TPSA) is 78.2 Å². The molecule has 0 fully saturated rings. The molecule has 0 unspecified atom stereocenters. The molecule has 2 aromatic heterocycles. The van der Waals surface area contributed by atoms with E-state index < -0.39 is 0 Å². The first kappa shape index (κ1) is 18.9. The predicted molar refractivity (Wildman–Crippen MR) is 112 cm³/mol. The van der Waals surface area contributed by atoms with E-state index in [-0.39, 0.29) is 18.0 Å². The summed E-state index contributed by atoms with van der Waals surface area (Å²) in [6.07, 6.45) is 1.67. The molecule has 0 aliphatic heterocycles. The molecule has 29 heavy (non-hydrogen) atoms. The van der Waals surface area contributed by atoms with Gasteiger partial charge >= 0.3 is 0 Å². The van der Waals surface area contributed by atoms with Gasteiger partial charge in [0.2, 0.25) is 5.91 Å². The molecular weight excluding hydrogens is 368 g/mol. The van der Waals surface area contributed by atoms with Crippen LogP contribution in [0.5, 0.6) is 0 Å². The molecular formula is C22H22N4O3. The van der Waals surface area contributed by atoms with Crippen molar-refractivity contribution in [3.8, 4) is 0 Å². The van der Waals surface area contributed by atoms with E-state index in [0.717, 1.165) is 21.9 Å². The Hall–Kier alpha value is -3.45. The maximum Gasteiger partial charge on any atom is 0.291 e. The Morgan fingerprint density at radius 1 is 1.07 bits per heavy atom.